The standard InChI is InChI=1S/C13H19BrN2O/c1-13(17)5-2-7-16(8-6-13)12-9-10(14)3-4-11(12)15/h3-4,9,17H,2,5-8,15H2,1H3. The number of hydrogen-bond donors (Lipinski definition) is 2. The van der Waals surface area contributed by atoms with Crippen molar-refractivity contribution in [3.05, 3.63) is 22.7 Å². The van der Waals surface area contributed by atoms with Crippen LogP contribution in [0, 0.1) is 0 Å². The molecule has 0 amide bonds. The summed E-state index contributed by atoms with van der Waals surface area (Å²) in [6.45, 7) is 3.73. The molecule has 3 N–H and O–H groups in total. The lowest BCUT2D eigenvalue weighted by Crippen LogP contribution is -2.28. The lowest BCUT2D eigenvalue weighted by Gasteiger charge is -2.25. The minimum atomic E-state index is -0.532. The van der Waals surface area contributed by atoms with E-state index in [2.05, 4.69) is 26.9 Å². The minimum Gasteiger partial charge on any atom is -0.397 e. The van der Waals surface area contributed by atoms with Crippen molar-refractivity contribution in [1.29, 1.82) is 0 Å². The monoisotopic (exact) mass is 298 g/mol. The third kappa shape index (κ3) is 3.13. The molecule has 1 atom stereocenters. The van der Waals surface area contributed by atoms with Crippen LogP contribution in [0.15, 0.2) is 22.7 Å². The van der Waals surface area contributed by atoms with Gasteiger partial charge >= 0.3 is 0 Å². The Bertz CT molecular complexity index is 406. The highest BCUT2D eigenvalue weighted by Gasteiger charge is 2.25. The summed E-state index contributed by atoms with van der Waals surface area (Å²) in [5.41, 5.74) is 7.35. The van der Waals surface area contributed by atoms with E-state index in [0.29, 0.717) is 0 Å². The number of benzene rings is 1. The lowest BCUT2D eigenvalue weighted by molar-refractivity contribution is 0.0481. The molecule has 0 bridgehead atoms. The second-order valence-corrected chi connectivity index (χ2v) is 5.96. The van der Waals surface area contributed by atoms with Crippen molar-refractivity contribution in [3.63, 3.8) is 0 Å². The van der Waals surface area contributed by atoms with Gasteiger partial charge in [-0.3, -0.25) is 0 Å². The van der Waals surface area contributed by atoms with E-state index in [1.807, 2.05) is 19.1 Å². The zero-order valence-corrected chi connectivity index (χ0v) is 11.7. The van der Waals surface area contributed by atoms with Gasteiger partial charge in [0.05, 0.1) is 17.0 Å². The fourth-order valence-corrected chi connectivity index (χ4v) is 2.64. The van der Waals surface area contributed by atoms with Crippen LogP contribution in [0.4, 0.5) is 11.4 Å². The van der Waals surface area contributed by atoms with Crippen LogP contribution in [0.2, 0.25) is 0 Å². The first-order chi connectivity index (χ1) is 7.98. The van der Waals surface area contributed by atoms with Gasteiger partial charge in [-0.2, -0.15) is 0 Å². The summed E-state index contributed by atoms with van der Waals surface area (Å²) in [5, 5.41) is 10.1. The van der Waals surface area contributed by atoms with E-state index in [1.54, 1.807) is 0 Å². The molecule has 1 aromatic carbocycles. The van der Waals surface area contributed by atoms with Crippen LogP contribution in [0.1, 0.15) is 26.2 Å². The number of aliphatic hydroxyl groups is 1. The van der Waals surface area contributed by atoms with Gasteiger partial charge in [0.15, 0.2) is 0 Å². The molecule has 0 radical (unpaired) electrons. The van der Waals surface area contributed by atoms with Crippen molar-refractivity contribution in [1.82, 2.24) is 0 Å². The molecule has 1 heterocycles. The van der Waals surface area contributed by atoms with E-state index in [9.17, 15) is 5.11 Å². The maximum Gasteiger partial charge on any atom is 0.0637 e. The van der Waals surface area contributed by atoms with Crippen molar-refractivity contribution >= 4 is 27.3 Å². The maximum atomic E-state index is 10.1. The molecule has 4 heteroatoms. The van der Waals surface area contributed by atoms with Crippen LogP contribution >= 0.6 is 15.9 Å². The Hall–Kier alpha value is -0.740. The minimum absolute atomic E-state index is 0.532. The average Bonchev–Trinajstić information content (AvgIpc) is 2.43. The van der Waals surface area contributed by atoms with Gasteiger partial charge in [-0.25, -0.2) is 0 Å². The normalized spacial score (nSPS) is 25.7. The van der Waals surface area contributed by atoms with Gasteiger partial charge in [0.25, 0.3) is 0 Å². The Labute approximate surface area is 111 Å². The maximum absolute atomic E-state index is 10.1. The fraction of sp³-hybridized carbons (Fsp3) is 0.538. The van der Waals surface area contributed by atoms with Gasteiger partial charge in [-0.15, -0.1) is 0 Å². The van der Waals surface area contributed by atoms with Gasteiger partial charge in [0.1, 0.15) is 0 Å². The Morgan fingerprint density at radius 1 is 1.35 bits per heavy atom. The lowest BCUT2D eigenvalue weighted by atomic mass is 9.98. The van der Waals surface area contributed by atoms with Crippen molar-refractivity contribution in [2.24, 2.45) is 0 Å². The van der Waals surface area contributed by atoms with Gasteiger partial charge in [-0.05, 0) is 44.4 Å². The van der Waals surface area contributed by atoms with Gasteiger partial charge in [0.2, 0.25) is 0 Å². The van der Waals surface area contributed by atoms with Crippen LogP contribution < -0.4 is 10.6 Å². The van der Waals surface area contributed by atoms with Crippen molar-refractivity contribution < 1.29 is 5.11 Å². The van der Waals surface area contributed by atoms with Crippen LogP contribution in [-0.2, 0) is 0 Å². The second-order valence-electron chi connectivity index (χ2n) is 5.04. The molecular weight excluding hydrogens is 280 g/mol. The van der Waals surface area contributed by atoms with E-state index < -0.39 is 5.60 Å². The van der Waals surface area contributed by atoms with E-state index in [0.717, 1.165) is 48.2 Å². The van der Waals surface area contributed by atoms with Crippen LogP contribution in [0.5, 0.6) is 0 Å². The number of halogens is 1. The molecule has 1 saturated heterocycles. The zero-order valence-electron chi connectivity index (χ0n) is 10.1. The van der Waals surface area contributed by atoms with E-state index in [1.165, 1.54) is 0 Å². The average molecular weight is 299 g/mol. The highest BCUT2D eigenvalue weighted by atomic mass is 79.9. The number of rotatable bonds is 1. The van der Waals surface area contributed by atoms with Crippen molar-refractivity contribution in [2.75, 3.05) is 23.7 Å². The highest BCUT2D eigenvalue weighted by molar-refractivity contribution is 9.10. The predicted molar refractivity (Wildman–Crippen MR) is 75.2 cm³/mol. The Morgan fingerprint density at radius 2 is 2.12 bits per heavy atom. The molecule has 0 saturated carbocycles. The molecule has 1 aliphatic rings. The number of hydrogen-bond acceptors (Lipinski definition) is 3. The van der Waals surface area contributed by atoms with E-state index in [4.69, 9.17) is 5.73 Å². The third-order valence-corrected chi connectivity index (χ3v) is 3.89. The molecule has 3 nitrogen and oxygen atoms in total. The molecule has 0 spiro atoms. The smallest absolute Gasteiger partial charge is 0.0637 e. The van der Waals surface area contributed by atoms with Gasteiger partial charge < -0.3 is 15.7 Å². The van der Waals surface area contributed by atoms with Crippen molar-refractivity contribution in [2.45, 2.75) is 31.8 Å². The molecule has 0 aromatic heterocycles. The number of nitrogen functional groups attached to an aromatic ring is 1. The van der Waals surface area contributed by atoms with Crippen LogP contribution in [0.25, 0.3) is 0 Å². The first kappa shape index (κ1) is 12.7. The Kier molecular flexibility index (Phi) is 3.64. The molecule has 1 fully saturated rings. The predicted octanol–water partition coefficient (Wildman–Crippen LogP) is 2.77. The molecule has 94 valence electrons. The number of nitrogens with two attached hydrogens (primary N) is 1. The van der Waals surface area contributed by atoms with Crippen molar-refractivity contribution in [3.8, 4) is 0 Å². The second kappa shape index (κ2) is 4.86. The quantitative estimate of drug-likeness (QED) is 0.784. The third-order valence-electron chi connectivity index (χ3n) is 3.40. The number of nitrogens with zero attached hydrogens (tertiary/aromatic N) is 1. The summed E-state index contributed by atoms with van der Waals surface area (Å²) >= 11 is 3.47. The molecule has 1 aromatic rings. The first-order valence-electron chi connectivity index (χ1n) is 6.00. The summed E-state index contributed by atoms with van der Waals surface area (Å²) in [7, 11) is 0. The van der Waals surface area contributed by atoms with Gasteiger partial charge in [-0.1, -0.05) is 15.9 Å². The summed E-state index contributed by atoms with van der Waals surface area (Å²) in [4.78, 5) is 2.27. The van der Waals surface area contributed by atoms with E-state index in [-0.39, 0.29) is 0 Å². The van der Waals surface area contributed by atoms with Gasteiger partial charge in [0, 0.05) is 17.6 Å². The van der Waals surface area contributed by atoms with E-state index >= 15 is 0 Å². The molecule has 1 aliphatic heterocycles. The molecule has 17 heavy (non-hydrogen) atoms. The fourth-order valence-electron chi connectivity index (χ4n) is 2.29. The highest BCUT2D eigenvalue weighted by Crippen LogP contribution is 2.31. The summed E-state index contributed by atoms with van der Waals surface area (Å²) < 4.78 is 1.04. The topological polar surface area (TPSA) is 49.5 Å². The zero-order chi connectivity index (χ0) is 12.5. The molecule has 0 aliphatic carbocycles. The molecule has 2 rings (SSSR count). The Balaban J connectivity index is 2.19. The summed E-state index contributed by atoms with van der Waals surface area (Å²) in [6.07, 6.45) is 2.65. The molecule has 1 unspecified atom stereocenters. The summed E-state index contributed by atoms with van der Waals surface area (Å²) in [5.74, 6) is 0. The summed E-state index contributed by atoms with van der Waals surface area (Å²) in [6, 6.07) is 5.92. The molecular formula is C13H19BrN2O. The van der Waals surface area contributed by atoms with Crippen LogP contribution in [-0.4, -0.2) is 23.8 Å². The SMILES string of the molecule is CC1(O)CCCN(c2cc(Br)ccc2N)CC1. The number of anilines is 2. The first-order valence-corrected chi connectivity index (χ1v) is 6.80. The Morgan fingerprint density at radius 3 is 2.88 bits per heavy atom. The largest absolute Gasteiger partial charge is 0.397 e. The van der Waals surface area contributed by atoms with Crippen LogP contribution in [0.3, 0.4) is 0 Å².